The van der Waals surface area contributed by atoms with Gasteiger partial charge in [-0.25, -0.2) is 9.78 Å². The molecule has 24 heavy (non-hydrogen) atoms. The summed E-state index contributed by atoms with van der Waals surface area (Å²) in [4.78, 5) is 44.1. The largest absolute Gasteiger partial charge is 0.328 e. The van der Waals surface area contributed by atoms with Gasteiger partial charge in [-0.05, 0) is 30.0 Å². The van der Waals surface area contributed by atoms with Crippen molar-refractivity contribution >= 4 is 23.1 Å². The molecule has 1 amide bonds. The van der Waals surface area contributed by atoms with Crippen molar-refractivity contribution < 1.29 is 4.79 Å². The monoisotopic (exact) mass is 342 g/mol. The topological polar surface area (TPSA) is 96.8 Å². The summed E-state index contributed by atoms with van der Waals surface area (Å²) in [5.74, 6) is -0.240. The number of carbonyl (C=O) groups excluding carboxylic acids is 1. The van der Waals surface area contributed by atoms with E-state index in [9.17, 15) is 14.4 Å². The maximum atomic E-state index is 12.5. The second-order valence-corrected chi connectivity index (χ2v) is 6.13. The van der Waals surface area contributed by atoms with E-state index in [1.807, 2.05) is 17.5 Å². The number of pyridine rings is 1. The van der Waals surface area contributed by atoms with E-state index in [0.29, 0.717) is 5.82 Å². The molecule has 3 heterocycles. The van der Waals surface area contributed by atoms with Crippen LogP contribution in [0.1, 0.15) is 20.8 Å². The van der Waals surface area contributed by atoms with E-state index >= 15 is 0 Å². The van der Waals surface area contributed by atoms with Crippen molar-refractivity contribution in [3.8, 4) is 0 Å². The third-order valence-electron chi connectivity index (χ3n) is 3.44. The summed E-state index contributed by atoms with van der Waals surface area (Å²) in [5.41, 5.74) is -0.567. The third-order valence-corrected chi connectivity index (χ3v) is 4.30. The van der Waals surface area contributed by atoms with Gasteiger partial charge in [0.05, 0.1) is 6.54 Å². The van der Waals surface area contributed by atoms with Gasteiger partial charge in [-0.3, -0.25) is 14.2 Å². The minimum atomic E-state index is -0.641. The molecule has 3 rings (SSSR count). The number of rotatable bonds is 4. The van der Waals surface area contributed by atoms with Gasteiger partial charge in [0.2, 0.25) is 0 Å². The summed E-state index contributed by atoms with van der Waals surface area (Å²) in [6.07, 6.45) is 2.67. The summed E-state index contributed by atoms with van der Waals surface area (Å²) in [6.45, 7) is 1.92. The van der Waals surface area contributed by atoms with Crippen molar-refractivity contribution in [3.05, 3.63) is 78.9 Å². The molecule has 2 N–H and O–H groups in total. The van der Waals surface area contributed by atoms with Crippen LogP contribution in [0.15, 0.2) is 51.6 Å². The molecule has 0 saturated carbocycles. The standard InChI is InChI=1S/C16H14N4O3S/c1-10-4-2-6-17-13(10)19-14(21)12-8-18-16(23)20(15(12)22)9-11-5-3-7-24-11/h2-8H,9H2,1H3,(H,18,23)(H,17,19,21). The molecule has 3 aromatic rings. The van der Waals surface area contributed by atoms with Crippen molar-refractivity contribution in [3.63, 3.8) is 0 Å². The molecule has 3 aromatic heterocycles. The Balaban J connectivity index is 1.94. The molecule has 122 valence electrons. The number of amides is 1. The highest BCUT2D eigenvalue weighted by atomic mass is 32.1. The number of hydrogen-bond donors (Lipinski definition) is 2. The number of anilines is 1. The zero-order chi connectivity index (χ0) is 17.1. The molecule has 0 aromatic carbocycles. The van der Waals surface area contributed by atoms with Crippen molar-refractivity contribution in [1.82, 2.24) is 14.5 Å². The Hall–Kier alpha value is -3.00. The Bertz CT molecular complexity index is 989. The first-order valence-corrected chi connectivity index (χ1v) is 8.02. The highest BCUT2D eigenvalue weighted by molar-refractivity contribution is 7.09. The fourth-order valence-electron chi connectivity index (χ4n) is 2.17. The Morgan fingerprint density at radius 3 is 2.88 bits per heavy atom. The van der Waals surface area contributed by atoms with Gasteiger partial charge < -0.3 is 10.3 Å². The van der Waals surface area contributed by atoms with Gasteiger partial charge in [-0.2, -0.15) is 0 Å². The van der Waals surface area contributed by atoms with Crippen LogP contribution in [0.3, 0.4) is 0 Å². The first-order valence-electron chi connectivity index (χ1n) is 7.14. The van der Waals surface area contributed by atoms with E-state index in [-0.39, 0.29) is 12.1 Å². The quantitative estimate of drug-likeness (QED) is 0.752. The molecule has 0 fully saturated rings. The van der Waals surface area contributed by atoms with E-state index in [4.69, 9.17) is 0 Å². The zero-order valence-electron chi connectivity index (χ0n) is 12.8. The van der Waals surface area contributed by atoms with Crippen LogP contribution in [0.4, 0.5) is 5.82 Å². The minimum Gasteiger partial charge on any atom is -0.313 e. The second kappa shape index (κ2) is 6.63. The lowest BCUT2D eigenvalue weighted by molar-refractivity contribution is 0.102. The van der Waals surface area contributed by atoms with Crippen LogP contribution < -0.4 is 16.6 Å². The lowest BCUT2D eigenvalue weighted by Gasteiger charge is -2.08. The van der Waals surface area contributed by atoms with E-state index in [1.165, 1.54) is 11.3 Å². The third kappa shape index (κ3) is 3.18. The Morgan fingerprint density at radius 2 is 2.17 bits per heavy atom. The van der Waals surface area contributed by atoms with E-state index < -0.39 is 17.2 Å². The molecular formula is C16H14N4O3S. The van der Waals surface area contributed by atoms with Crippen molar-refractivity contribution in [2.45, 2.75) is 13.5 Å². The highest BCUT2D eigenvalue weighted by Crippen LogP contribution is 2.10. The maximum Gasteiger partial charge on any atom is 0.328 e. The average Bonchev–Trinajstić information content (AvgIpc) is 3.06. The van der Waals surface area contributed by atoms with Crippen LogP contribution in [0.5, 0.6) is 0 Å². The molecule has 0 aliphatic carbocycles. The van der Waals surface area contributed by atoms with E-state index in [0.717, 1.165) is 21.2 Å². The van der Waals surface area contributed by atoms with Crippen LogP contribution >= 0.6 is 11.3 Å². The molecule has 8 heteroatoms. The normalized spacial score (nSPS) is 10.5. The zero-order valence-corrected chi connectivity index (χ0v) is 13.6. The summed E-state index contributed by atoms with van der Waals surface area (Å²) in [5, 5.41) is 4.45. The average molecular weight is 342 g/mol. The second-order valence-electron chi connectivity index (χ2n) is 5.10. The summed E-state index contributed by atoms with van der Waals surface area (Å²) in [6, 6.07) is 7.20. The van der Waals surface area contributed by atoms with Gasteiger partial charge in [0, 0.05) is 17.3 Å². The first-order chi connectivity index (χ1) is 11.6. The Morgan fingerprint density at radius 1 is 1.33 bits per heavy atom. The first kappa shape index (κ1) is 15.9. The number of thiophene rings is 1. The molecule has 0 aliphatic rings. The molecule has 0 radical (unpaired) electrons. The number of aromatic amines is 1. The van der Waals surface area contributed by atoms with Gasteiger partial charge in [0.15, 0.2) is 0 Å². The SMILES string of the molecule is Cc1cccnc1NC(=O)c1c[nH]c(=O)n(Cc2cccs2)c1=O. The lowest BCUT2D eigenvalue weighted by Crippen LogP contribution is -2.39. The van der Waals surface area contributed by atoms with Gasteiger partial charge in [-0.15, -0.1) is 11.3 Å². The number of H-pyrrole nitrogens is 1. The van der Waals surface area contributed by atoms with Crippen LogP contribution in [-0.4, -0.2) is 20.4 Å². The molecule has 0 saturated heterocycles. The van der Waals surface area contributed by atoms with Gasteiger partial charge >= 0.3 is 5.69 Å². The number of carbonyl (C=O) groups is 1. The Kier molecular flexibility index (Phi) is 4.39. The molecule has 0 bridgehead atoms. The fraction of sp³-hybridized carbons (Fsp3) is 0.125. The van der Waals surface area contributed by atoms with Crippen molar-refractivity contribution in [1.29, 1.82) is 0 Å². The molecule has 7 nitrogen and oxygen atoms in total. The molecule has 0 unspecified atom stereocenters. The molecule has 0 aliphatic heterocycles. The molecule has 0 atom stereocenters. The number of nitrogens with zero attached hydrogens (tertiary/aromatic N) is 2. The van der Waals surface area contributed by atoms with Gasteiger partial charge in [0.25, 0.3) is 11.5 Å². The lowest BCUT2D eigenvalue weighted by atomic mass is 10.2. The number of hydrogen-bond acceptors (Lipinski definition) is 5. The van der Waals surface area contributed by atoms with Crippen molar-refractivity contribution in [2.24, 2.45) is 0 Å². The predicted molar refractivity (Wildman–Crippen MR) is 91.7 cm³/mol. The summed E-state index contributed by atoms with van der Waals surface area (Å²) in [7, 11) is 0. The number of aryl methyl sites for hydroxylation is 1. The van der Waals surface area contributed by atoms with Crippen molar-refractivity contribution in [2.75, 3.05) is 5.32 Å². The highest BCUT2D eigenvalue weighted by Gasteiger charge is 2.16. The van der Waals surface area contributed by atoms with Crippen LogP contribution in [0.2, 0.25) is 0 Å². The van der Waals surface area contributed by atoms with Crippen LogP contribution in [0.25, 0.3) is 0 Å². The summed E-state index contributed by atoms with van der Waals surface area (Å²) >= 11 is 1.43. The summed E-state index contributed by atoms with van der Waals surface area (Å²) < 4.78 is 1.01. The number of nitrogens with one attached hydrogen (secondary N) is 2. The number of aromatic nitrogens is 3. The smallest absolute Gasteiger partial charge is 0.313 e. The van der Waals surface area contributed by atoms with E-state index in [1.54, 1.807) is 25.3 Å². The Labute approximate surface area is 140 Å². The van der Waals surface area contributed by atoms with Crippen LogP contribution in [0, 0.1) is 6.92 Å². The molecule has 0 spiro atoms. The van der Waals surface area contributed by atoms with E-state index in [2.05, 4.69) is 15.3 Å². The van der Waals surface area contributed by atoms with Crippen LogP contribution in [-0.2, 0) is 6.54 Å². The van der Waals surface area contributed by atoms with Gasteiger partial charge in [0.1, 0.15) is 11.4 Å². The predicted octanol–water partition coefficient (Wildman–Crippen LogP) is 1.60. The fourth-order valence-corrected chi connectivity index (χ4v) is 2.86. The minimum absolute atomic E-state index is 0.121. The van der Waals surface area contributed by atoms with Gasteiger partial charge in [-0.1, -0.05) is 12.1 Å². The maximum absolute atomic E-state index is 12.5. The molecular weight excluding hydrogens is 328 g/mol.